The summed E-state index contributed by atoms with van der Waals surface area (Å²) in [6, 6.07) is 4.49. The summed E-state index contributed by atoms with van der Waals surface area (Å²) in [5.74, 6) is 0.193. The zero-order chi connectivity index (χ0) is 15.1. The SMILES string of the molecule is CCCOc1ccc(F)c(COC(=O)N2CCNCC2)c1. The molecule has 2 rings (SSSR count). The largest absolute Gasteiger partial charge is 0.494 e. The molecule has 0 spiro atoms. The molecule has 0 bridgehead atoms. The number of rotatable bonds is 5. The van der Waals surface area contributed by atoms with Crippen molar-refractivity contribution in [2.24, 2.45) is 0 Å². The van der Waals surface area contributed by atoms with Crippen molar-refractivity contribution >= 4 is 6.09 Å². The van der Waals surface area contributed by atoms with Crippen LogP contribution in [0, 0.1) is 5.82 Å². The van der Waals surface area contributed by atoms with Crippen molar-refractivity contribution in [3.63, 3.8) is 0 Å². The summed E-state index contributed by atoms with van der Waals surface area (Å²) in [6.45, 7) is 5.22. The number of benzene rings is 1. The Kier molecular flexibility index (Phi) is 5.80. The van der Waals surface area contributed by atoms with Crippen LogP contribution in [0.25, 0.3) is 0 Å². The van der Waals surface area contributed by atoms with Crippen LogP contribution in [0.4, 0.5) is 9.18 Å². The number of hydrogen-bond donors (Lipinski definition) is 1. The zero-order valence-electron chi connectivity index (χ0n) is 12.2. The molecule has 1 aromatic carbocycles. The van der Waals surface area contributed by atoms with Gasteiger partial charge in [-0.3, -0.25) is 0 Å². The lowest BCUT2D eigenvalue weighted by Gasteiger charge is -2.26. The molecule has 0 aromatic heterocycles. The highest BCUT2D eigenvalue weighted by molar-refractivity contribution is 5.67. The van der Waals surface area contributed by atoms with Crippen molar-refractivity contribution in [1.29, 1.82) is 0 Å². The molecular weight excluding hydrogens is 275 g/mol. The van der Waals surface area contributed by atoms with E-state index in [0.29, 0.717) is 31.0 Å². The van der Waals surface area contributed by atoms with Gasteiger partial charge in [-0.05, 0) is 24.6 Å². The first-order valence-electron chi connectivity index (χ1n) is 7.24. The molecule has 0 radical (unpaired) electrons. The number of carbonyl (C=O) groups is 1. The maximum Gasteiger partial charge on any atom is 0.410 e. The third-order valence-corrected chi connectivity index (χ3v) is 3.22. The number of hydrogen-bond acceptors (Lipinski definition) is 4. The molecule has 1 heterocycles. The summed E-state index contributed by atoms with van der Waals surface area (Å²) in [5.41, 5.74) is 0.326. The minimum atomic E-state index is -0.407. The molecule has 116 valence electrons. The topological polar surface area (TPSA) is 50.8 Å². The molecule has 1 saturated heterocycles. The van der Waals surface area contributed by atoms with Crippen LogP contribution in [-0.4, -0.2) is 43.8 Å². The lowest BCUT2D eigenvalue weighted by atomic mass is 10.2. The molecule has 1 fully saturated rings. The van der Waals surface area contributed by atoms with Gasteiger partial charge in [0.05, 0.1) is 6.61 Å². The van der Waals surface area contributed by atoms with Gasteiger partial charge in [0.1, 0.15) is 18.2 Å². The van der Waals surface area contributed by atoms with Gasteiger partial charge in [-0.25, -0.2) is 9.18 Å². The van der Waals surface area contributed by atoms with Crippen molar-refractivity contribution in [2.75, 3.05) is 32.8 Å². The first-order valence-corrected chi connectivity index (χ1v) is 7.24. The van der Waals surface area contributed by atoms with E-state index in [-0.39, 0.29) is 6.61 Å². The summed E-state index contributed by atoms with van der Waals surface area (Å²) in [5, 5.41) is 3.15. The van der Waals surface area contributed by atoms with Crippen LogP contribution in [0.1, 0.15) is 18.9 Å². The van der Waals surface area contributed by atoms with E-state index in [1.807, 2.05) is 6.92 Å². The molecule has 1 N–H and O–H groups in total. The molecule has 21 heavy (non-hydrogen) atoms. The van der Waals surface area contributed by atoms with Crippen molar-refractivity contribution in [1.82, 2.24) is 10.2 Å². The predicted octanol–water partition coefficient (Wildman–Crippen LogP) is 2.16. The van der Waals surface area contributed by atoms with Crippen LogP contribution in [0.15, 0.2) is 18.2 Å². The second-order valence-electron chi connectivity index (χ2n) is 4.89. The third kappa shape index (κ3) is 4.60. The Hall–Kier alpha value is -1.82. The highest BCUT2D eigenvalue weighted by Crippen LogP contribution is 2.18. The minimum absolute atomic E-state index is 0.0854. The highest BCUT2D eigenvalue weighted by atomic mass is 19.1. The van der Waals surface area contributed by atoms with Crippen molar-refractivity contribution < 1.29 is 18.7 Å². The lowest BCUT2D eigenvalue weighted by molar-refractivity contribution is 0.0909. The molecule has 1 aliphatic rings. The Balaban J connectivity index is 1.90. The Bertz CT molecular complexity index is 476. The van der Waals surface area contributed by atoms with Crippen molar-refractivity contribution in [3.05, 3.63) is 29.6 Å². The first kappa shape index (κ1) is 15.6. The van der Waals surface area contributed by atoms with Gasteiger partial charge in [-0.1, -0.05) is 6.92 Å². The molecule has 0 aliphatic carbocycles. The maximum atomic E-state index is 13.7. The van der Waals surface area contributed by atoms with E-state index in [2.05, 4.69) is 5.32 Å². The molecule has 1 aliphatic heterocycles. The number of piperazine rings is 1. The molecule has 1 aromatic rings. The van der Waals surface area contributed by atoms with Gasteiger partial charge < -0.3 is 19.7 Å². The molecular formula is C15H21FN2O3. The van der Waals surface area contributed by atoms with Crippen molar-refractivity contribution in [2.45, 2.75) is 20.0 Å². The van der Waals surface area contributed by atoms with Crippen LogP contribution in [0.5, 0.6) is 5.75 Å². The van der Waals surface area contributed by atoms with Gasteiger partial charge in [0, 0.05) is 31.7 Å². The predicted molar refractivity (Wildman–Crippen MR) is 76.8 cm³/mol. The Morgan fingerprint density at radius 2 is 2.14 bits per heavy atom. The Morgan fingerprint density at radius 1 is 1.38 bits per heavy atom. The van der Waals surface area contributed by atoms with Gasteiger partial charge in [0.15, 0.2) is 0 Å². The standard InChI is InChI=1S/C15H21FN2O3/c1-2-9-20-13-3-4-14(16)12(10-13)11-21-15(19)18-7-5-17-6-8-18/h3-4,10,17H,2,5-9,11H2,1H3. The molecule has 0 atom stereocenters. The number of amides is 1. The van der Waals surface area contributed by atoms with Gasteiger partial charge in [-0.15, -0.1) is 0 Å². The quantitative estimate of drug-likeness (QED) is 0.904. The maximum absolute atomic E-state index is 13.7. The number of nitrogens with zero attached hydrogens (tertiary/aromatic N) is 1. The molecule has 6 heteroatoms. The number of nitrogens with one attached hydrogen (secondary N) is 1. The van der Waals surface area contributed by atoms with Gasteiger partial charge >= 0.3 is 6.09 Å². The fourth-order valence-corrected chi connectivity index (χ4v) is 2.05. The third-order valence-electron chi connectivity index (χ3n) is 3.22. The second kappa shape index (κ2) is 7.83. The Labute approximate surface area is 124 Å². The fourth-order valence-electron chi connectivity index (χ4n) is 2.05. The van der Waals surface area contributed by atoms with E-state index >= 15 is 0 Å². The summed E-state index contributed by atoms with van der Waals surface area (Å²) >= 11 is 0. The molecule has 1 amide bonds. The molecule has 5 nitrogen and oxygen atoms in total. The van der Waals surface area contributed by atoms with E-state index in [9.17, 15) is 9.18 Å². The molecule has 0 saturated carbocycles. The zero-order valence-corrected chi connectivity index (χ0v) is 12.2. The minimum Gasteiger partial charge on any atom is -0.494 e. The number of carbonyl (C=O) groups excluding carboxylic acids is 1. The lowest BCUT2D eigenvalue weighted by Crippen LogP contribution is -2.46. The first-order chi connectivity index (χ1) is 10.2. The van der Waals surface area contributed by atoms with E-state index in [4.69, 9.17) is 9.47 Å². The summed E-state index contributed by atoms with van der Waals surface area (Å²) in [6.07, 6.45) is 0.473. The smallest absolute Gasteiger partial charge is 0.410 e. The normalized spacial score (nSPS) is 14.9. The van der Waals surface area contributed by atoms with E-state index in [1.54, 1.807) is 17.0 Å². The fraction of sp³-hybridized carbons (Fsp3) is 0.533. The average Bonchev–Trinajstić information content (AvgIpc) is 2.53. The van der Waals surface area contributed by atoms with E-state index in [0.717, 1.165) is 19.5 Å². The van der Waals surface area contributed by atoms with Gasteiger partial charge in [0.25, 0.3) is 0 Å². The Morgan fingerprint density at radius 3 is 2.86 bits per heavy atom. The van der Waals surface area contributed by atoms with Crippen LogP contribution >= 0.6 is 0 Å². The monoisotopic (exact) mass is 296 g/mol. The summed E-state index contributed by atoms with van der Waals surface area (Å²) in [4.78, 5) is 13.5. The van der Waals surface area contributed by atoms with E-state index < -0.39 is 11.9 Å². The van der Waals surface area contributed by atoms with Crippen LogP contribution < -0.4 is 10.1 Å². The summed E-state index contributed by atoms with van der Waals surface area (Å²) < 4.78 is 24.3. The van der Waals surface area contributed by atoms with E-state index in [1.165, 1.54) is 6.07 Å². The van der Waals surface area contributed by atoms with Gasteiger partial charge in [0.2, 0.25) is 0 Å². The number of halogens is 1. The number of ether oxygens (including phenoxy) is 2. The van der Waals surface area contributed by atoms with Crippen LogP contribution in [0.3, 0.4) is 0 Å². The van der Waals surface area contributed by atoms with Gasteiger partial charge in [-0.2, -0.15) is 0 Å². The van der Waals surface area contributed by atoms with Crippen molar-refractivity contribution in [3.8, 4) is 5.75 Å². The second-order valence-corrected chi connectivity index (χ2v) is 4.89. The van der Waals surface area contributed by atoms with Crippen LogP contribution in [-0.2, 0) is 11.3 Å². The summed E-state index contributed by atoms with van der Waals surface area (Å²) in [7, 11) is 0. The average molecular weight is 296 g/mol. The highest BCUT2D eigenvalue weighted by Gasteiger charge is 2.18. The molecule has 0 unspecified atom stereocenters. The van der Waals surface area contributed by atoms with Crippen LogP contribution in [0.2, 0.25) is 0 Å².